The van der Waals surface area contributed by atoms with Gasteiger partial charge < -0.3 is 4.42 Å². The van der Waals surface area contributed by atoms with Gasteiger partial charge in [0, 0.05) is 53.2 Å². The Balaban J connectivity index is 1.17. The molecule has 0 unspecified atom stereocenters. The lowest BCUT2D eigenvalue weighted by Gasteiger charge is -2.14. The Hall–Kier alpha value is -6.69. The maximum absolute atomic E-state index is 6.26. The van der Waals surface area contributed by atoms with Crippen molar-refractivity contribution < 1.29 is 4.42 Å². The summed E-state index contributed by atoms with van der Waals surface area (Å²) in [5.74, 6) is 1.86. The number of fused-ring (bicyclic) bond motifs is 9. The van der Waals surface area contributed by atoms with Gasteiger partial charge in [0.1, 0.15) is 11.2 Å². The van der Waals surface area contributed by atoms with Crippen molar-refractivity contribution in [1.29, 1.82) is 0 Å². The predicted molar refractivity (Wildman–Crippen MR) is 217 cm³/mol. The maximum atomic E-state index is 6.26. The van der Waals surface area contributed by atoms with E-state index in [0.29, 0.717) is 17.5 Å². The quantitative estimate of drug-likeness (QED) is 0.185. The van der Waals surface area contributed by atoms with Gasteiger partial charge in [-0.1, -0.05) is 140 Å². The summed E-state index contributed by atoms with van der Waals surface area (Å²) >= 11 is 1.87. The zero-order valence-electron chi connectivity index (χ0n) is 27.7. The van der Waals surface area contributed by atoms with Gasteiger partial charge in [-0.05, 0) is 51.4 Å². The molecule has 0 aliphatic carbocycles. The van der Waals surface area contributed by atoms with Crippen molar-refractivity contribution in [2.75, 3.05) is 0 Å². The molecule has 3 aromatic heterocycles. The van der Waals surface area contributed by atoms with Crippen LogP contribution in [0.25, 0.3) is 109 Å². The molecule has 0 aliphatic heterocycles. The van der Waals surface area contributed by atoms with E-state index in [2.05, 4.69) is 103 Å². The number of nitrogens with zero attached hydrogens (tertiary/aromatic N) is 3. The van der Waals surface area contributed by atoms with Crippen LogP contribution < -0.4 is 0 Å². The highest BCUT2D eigenvalue weighted by molar-refractivity contribution is 7.26. The number of furan rings is 1. The molecule has 0 saturated heterocycles. The Morgan fingerprint density at radius 2 is 0.981 bits per heavy atom. The Labute approximate surface area is 302 Å². The fraction of sp³-hybridized carbons (Fsp3) is 0. The van der Waals surface area contributed by atoms with Crippen LogP contribution in [0.1, 0.15) is 0 Å². The average Bonchev–Trinajstić information content (AvgIpc) is 3.80. The predicted octanol–water partition coefficient (Wildman–Crippen LogP) is 13.1. The Bertz CT molecular complexity index is 3200. The van der Waals surface area contributed by atoms with Gasteiger partial charge in [-0.2, -0.15) is 0 Å². The second-order valence-corrected chi connectivity index (χ2v) is 14.2. The Morgan fingerprint density at radius 3 is 1.85 bits per heavy atom. The van der Waals surface area contributed by atoms with E-state index >= 15 is 0 Å². The number of hydrogen-bond acceptors (Lipinski definition) is 5. The van der Waals surface area contributed by atoms with E-state index in [1.807, 2.05) is 72.0 Å². The molecule has 0 spiro atoms. The monoisotopic (exact) mass is 681 g/mol. The van der Waals surface area contributed by atoms with Crippen LogP contribution in [0.15, 0.2) is 168 Å². The van der Waals surface area contributed by atoms with Gasteiger partial charge in [-0.25, -0.2) is 15.0 Å². The minimum atomic E-state index is 0.607. The molecule has 11 aromatic rings. The minimum Gasteiger partial charge on any atom is -0.456 e. The molecule has 0 bridgehead atoms. The Kier molecular flexibility index (Phi) is 6.39. The lowest BCUT2D eigenvalue weighted by molar-refractivity contribution is 0.669. The van der Waals surface area contributed by atoms with Crippen LogP contribution in [-0.2, 0) is 0 Å². The van der Waals surface area contributed by atoms with Crippen LogP contribution in [0, 0.1) is 0 Å². The molecule has 0 saturated carbocycles. The number of hydrogen-bond donors (Lipinski definition) is 0. The molecule has 4 nitrogen and oxygen atoms in total. The van der Waals surface area contributed by atoms with Gasteiger partial charge in [-0.3, -0.25) is 0 Å². The molecule has 0 aliphatic rings. The zero-order chi connectivity index (χ0) is 34.2. The largest absolute Gasteiger partial charge is 0.456 e. The Morgan fingerprint density at radius 1 is 0.385 bits per heavy atom. The van der Waals surface area contributed by atoms with Crippen molar-refractivity contribution >= 4 is 75.0 Å². The van der Waals surface area contributed by atoms with Crippen LogP contribution >= 0.6 is 11.3 Å². The zero-order valence-corrected chi connectivity index (χ0v) is 28.6. The van der Waals surface area contributed by atoms with Crippen molar-refractivity contribution in [1.82, 2.24) is 15.0 Å². The van der Waals surface area contributed by atoms with Gasteiger partial charge in [0.05, 0.1) is 0 Å². The molecule has 0 amide bonds. The normalized spacial score (nSPS) is 11.8. The third-order valence-corrected chi connectivity index (χ3v) is 11.3. The summed E-state index contributed by atoms with van der Waals surface area (Å²) in [4.78, 5) is 15.5. The topological polar surface area (TPSA) is 51.8 Å². The van der Waals surface area contributed by atoms with E-state index in [9.17, 15) is 0 Å². The molecular formula is C47H27N3OS. The lowest BCUT2D eigenvalue weighted by atomic mass is 9.92. The van der Waals surface area contributed by atoms with Crippen LogP contribution in [0.3, 0.4) is 0 Å². The van der Waals surface area contributed by atoms with E-state index in [-0.39, 0.29) is 0 Å². The summed E-state index contributed by atoms with van der Waals surface area (Å²) in [7, 11) is 0. The third kappa shape index (κ3) is 4.43. The number of para-hydroxylation sites is 1. The van der Waals surface area contributed by atoms with Gasteiger partial charge in [-0.15, -0.1) is 11.3 Å². The average molecular weight is 682 g/mol. The smallest absolute Gasteiger partial charge is 0.164 e. The number of benzene rings is 8. The van der Waals surface area contributed by atoms with Crippen molar-refractivity contribution in [2.45, 2.75) is 0 Å². The third-order valence-electron chi connectivity index (χ3n) is 10.1. The van der Waals surface area contributed by atoms with Gasteiger partial charge in [0.2, 0.25) is 0 Å². The molecule has 3 heterocycles. The van der Waals surface area contributed by atoms with Crippen LogP contribution in [0.5, 0.6) is 0 Å². The number of rotatable bonds is 4. The minimum absolute atomic E-state index is 0.607. The first kappa shape index (κ1) is 29.1. The summed E-state index contributed by atoms with van der Waals surface area (Å²) in [6, 6.07) is 57.3. The molecule has 11 rings (SSSR count). The van der Waals surface area contributed by atoms with Crippen LogP contribution in [-0.4, -0.2) is 15.0 Å². The molecule has 0 radical (unpaired) electrons. The van der Waals surface area contributed by atoms with Crippen molar-refractivity contribution in [3.8, 4) is 45.3 Å². The first-order valence-electron chi connectivity index (χ1n) is 17.4. The highest BCUT2D eigenvalue weighted by Gasteiger charge is 2.20. The first-order chi connectivity index (χ1) is 25.8. The number of aromatic nitrogens is 3. The maximum Gasteiger partial charge on any atom is 0.164 e. The fourth-order valence-electron chi connectivity index (χ4n) is 7.81. The summed E-state index contributed by atoms with van der Waals surface area (Å²) in [6.07, 6.45) is 0. The molecule has 0 N–H and O–H groups in total. The number of thiophene rings is 1. The van der Waals surface area contributed by atoms with Crippen LogP contribution in [0.4, 0.5) is 0 Å². The van der Waals surface area contributed by atoms with Crippen molar-refractivity contribution in [2.24, 2.45) is 0 Å². The molecule has 8 aromatic carbocycles. The summed E-state index contributed by atoms with van der Waals surface area (Å²) in [6.45, 7) is 0. The molecular weight excluding hydrogens is 655 g/mol. The van der Waals surface area contributed by atoms with E-state index in [1.54, 1.807) is 0 Å². The van der Waals surface area contributed by atoms with Gasteiger partial charge >= 0.3 is 0 Å². The highest BCUT2D eigenvalue weighted by atomic mass is 32.1. The summed E-state index contributed by atoms with van der Waals surface area (Å²) in [5.41, 5.74) is 6.86. The van der Waals surface area contributed by atoms with E-state index < -0.39 is 0 Å². The highest BCUT2D eigenvalue weighted by Crippen LogP contribution is 2.46. The molecule has 0 fully saturated rings. The van der Waals surface area contributed by atoms with E-state index in [1.165, 1.54) is 42.1 Å². The molecule has 0 atom stereocenters. The van der Waals surface area contributed by atoms with E-state index in [0.717, 1.165) is 49.4 Å². The summed E-state index contributed by atoms with van der Waals surface area (Å²) in [5, 5.41) is 9.41. The lowest BCUT2D eigenvalue weighted by Crippen LogP contribution is -2.01. The second-order valence-electron chi connectivity index (χ2n) is 13.1. The van der Waals surface area contributed by atoms with Crippen molar-refractivity contribution in [3.63, 3.8) is 0 Å². The molecule has 52 heavy (non-hydrogen) atoms. The SMILES string of the molecule is c1ccc(-c2nc(-c3cccc4c(-c5cc6ccccc6c6c5sc5ccccc56)cccc34)nc(-c3cccc4oc5ccccc5c34)n2)cc1. The molecule has 242 valence electrons. The molecule has 5 heteroatoms. The second kappa shape index (κ2) is 11.4. The standard InChI is InChI=1S/C47H27N3OS/c1-2-13-28(14-3-1)45-48-46(50-47(49-45)37-23-12-25-40-42(37)35-17-6-8-24-39(35)51-40)34-22-11-19-31-32(34)20-10-21-33(31)38-27-29-15-4-5-16-30(29)43-36-18-7-9-26-41(36)52-44(38)43/h1-27H. The summed E-state index contributed by atoms with van der Waals surface area (Å²) < 4.78 is 8.86. The van der Waals surface area contributed by atoms with E-state index in [4.69, 9.17) is 19.4 Å². The van der Waals surface area contributed by atoms with Crippen molar-refractivity contribution in [3.05, 3.63) is 164 Å². The van der Waals surface area contributed by atoms with Gasteiger partial charge in [0.25, 0.3) is 0 Å². The fourth-order valence-corrected chi connectivity index (χ4v) is 9.06. The van der Waals surface area contributed by atoms with Gasteiger partial charge in [0.15, 0.2) is 17.5 Å². The first-order valence-corrected chi connectivity index (χ1v) is 18.2. The van der Waals surface area contributed by atoms with Crippen LogP contribution in [0.2, 0.25) is 0 Å².